The molecule has 1 fully saturated rings. The number of carbonyl (C=O) groups excluding carboxylic acids is 1. The highest BCUT2D eigenvalue weighted by molar-refractivity contribution is 5.94. The lowest BCUT2D eigenvalue weighted by Crippen LogP contribution is -2.21. The van der Waals surface area contributed by atoms with E-state index in [1.165, 1.54) is 0 Å². The van der Waals surface area contributed by atoms with Gasteiger partial charge in [-0.3, -0.25) is 4.79 Å². The summed E-state index contributed by atoms with van der Waals surface area (Å²) < 4.78 is 0. The SMILES string of the molecule is CN(CCCN)c1ccc(NC(=O)C2CC2)cc1. The van der Waals surface area contributed by atoms with E-state index in [4.69, 9.17) is 5.73 Å². The van der Waals surface area contributed by atoms with Crippen molar-refractivity contribution in [3.63, 3.8) is 0 Å². The largest absolute Gasteiger partial charge is 0.375 e. The second-order valence-electron chi connectivity index (χ2n) is 4.87. The topological polar surface area (TPSA) is 58.4 Å². The fourth-order valence-electron chi connectivity index (χ4n) is 1.85. The predicted octanol–water partition coefficient (Wildman–Crippen LogP) is 1.82. The van der Waals surface area contributed by atoms with Gasteiger partial charge in [0.25, 0.3) is 0 Å². The predicted molar refractivity (Wildman–Crippen MR) is 74.7 cm³/mol. The van der Waals surface area contributed by atoms with Crippen molar-refractivity contribution in [2.45, 2.75) is 19.3 Å². The van der Waals surface area contributed by atoms with E-state index in [-0.39, 0.29) is 11.8 Å². The minimum absolute atomic E-state index is 0.152. The minimum atomic E-state index is 0.152. The summed E-state index contributed by atoms with van der Waals surface area (Å²) in [6, 6.07) is 7.96. The van der Waals surface area contributed by atoms with E-state index in [9.17, 15) is 4.79 Å². The number of hydrogen-bond acceptors (Lipinski definition) is 3. The van der Waals surface area contributed by atoms with Crippen LogP contribution in [0.25, 0.3) is 0 Å². The van der Waals surface area contributed by atoms with E-state index >= 15 is 0 Å². The lowest BCUT2D eigenvalue weighted by Gasteiger charge is -2.19. The average molecular weight is 247 g/mol. The molecule has 0 heterocycles. The lowest BCUT2D eigenvalue weighted by atomic mass is 10.2. The van der Waals surface area contributed by atoms with Crippen molar-refractivity contribution in [2.24, 2.45) is 11.7 Å². The van der Waals surface area contributed by atoms with E-state index in [0.717, 1.165) is 37.2 Å². The summed E-state index contributed by atoms with van der Waals surface area (Å²) in [4.78, 5) is 13.8. The molecule has 0 aliphatic heterocycles. The Balaban J connectivity index is 1.89. The maximum Gasteiger partial charge on any atom is 0.227 e. The first-order chi connectivity index (χ1) is 8.70. The molecular formula is C14H21N3O. The molecular weight excluding hydrogens is 226 g/mol. The second kappa shape index (κ2) is 5.87. The van der Waals surface area contributed by atoms with E-state index in [1.54, 1.807) is 0 Å². The number of nitrogens with zero attached hydrogens (tertiary/aromatic N) is 1. The summed E-state index contributed by atoms with van der Waals surface area (Å²) in [5, 5.41) is 2.94. The summed E-state index contributed by atoms with van der Waals surface area (Å²) in [6.45, 7) is 1.66. The molecule has 0 atom stereocenters. The molecule has 1 aromatic rings. The molecule has 1 aromatic carbocycles. The van der Waals surface area contributed by atoms with E-state index in [1.807, 2.05) is 31.3 Å². The molecule has 0 radical (unpaired) electrons. The Morgan fingerprint density at radius 1 is 1.39 bits per heavy atom. The molecule has 98 valence electrons. The number of rotatable bonds is 6. The van der Waals surface area contributed by atoms with Gasteiger partial charge in [0.2, 0.25) is 5.91 Å². The average Bonchev–Trinajstić information content (AvgIpc) is 3.21. The zero-order valence-corrected chi connectivity index (χ0v) is 10.9. The summed E-state index contributed by atoms with van der Waals surface area (Å²) in [5.41, 5.74) is 7.52. The number of hydrogen-bond donors (Lipinski definition) is 2. The molecule has 2 rings (SSSR count). The molecule has 3 N–H and O–H groups in total. The second-order valence-corrected chi connectivity index (χ2v) is 4.87. The van der Waals surface area contributed by atoms with Crippen molar-refractivity contribution in [1.29, 1.82) is 0 Å². The molecule has 1 amide bonds. The molecule has 1 aliphatic carbocycles. The smallest absolute Gasteiger partial charge is 0.227 e. The Hall–Kier alpha value is -1.55. The van der Waals surface area contributed by atoms with Crippen LogP contribution < -0.4 is 16.0 Å². The molecule has 0 bridgehead atoms. The zero-order chi connectivity index (χ0) is 13.0. The Kier molecular flexibility index (Phi) is 4.20. The van der Waals surface area contributed by atoms with Gasteiger partial charge in [-0.2, -0.15) is 0 Å². The molecule has 0 unspecified atom stereocenters. The fourth-order valence-corrected chi connectivity index (χ4v) is 1.85. The van der Waals surface area contributed by atoms with Crippen LogP contribution in [0.1, 0.15) is 19.3 Å². The van der Waals surface area contributed by atoms with Crippen molar-refractivity contribution in [3.05, 3.63) is 24.3 Å². The van der Waals surface area contributed by atoms with Crippen LogP contribution >= 0.6 is 0 Å². The van der Waals surface area contributed by atoms with Gasteiger partial charge in [-0.1, -0.05) is 0 Å². The highest BCUT2D eigenvalue weighted by Gasteiger charge is 2.29. The highest BCUT2D eigenvalue weighted by atomic mass is 16.2. The number of benzene rings is 1. The van der Waals surface area contributed by atoms with E-state index in [0.29, 0.717) is 6.54 Å². The van der Waals surface area contributed by atoms with Crippen LogP contribution in [0.4, 0.5) is 11.4 Å². The van der Waals surface area contributed by atoms with Crippen LogP contribution in [0.5, 0.6) is 0 Å². The Labute approximate surface area is 108 Å². The third kappa shape index (κ3) is 3.47. The number of carbonyl (C=O) groups is 1. The quantitative estimate of drug-likeness (QED) is 0.806. The van der Waals surface area contributed by atoms with Gasteiger partial charge in [-0.15, -0.1) is 0 Å². The maximum absolute atomic E-state index is 11.6. The van der Waals surface area contributed by atoms with Gasteiger partial charge >= 0.3 is 0 Å². The number of anilines is 2. The molecule has 4 nitrogen and oxygen atoms in total. The third-order valence-corrected chi connectivity index (χ3v) is 3.22. The Morgan fingerprint density at radius 3 is 2.61 bits per heavy atom. The van der Waals surface area contributed by atoms with Crippen molar-refractivity contribution >= 4 is 17.3 Å². The van der Waals surface area contributed by atoms with Gasteiger partial charge in [0.05, 0.1) is 0 Å². The van der Waals surface area contributed by atoms with Gasteiger partial charge in [-0.05, 0) is 50.1 Å². The molecule has 1 saturated carbocycles. The van der Waals surface area contributed by atoms with Crippen LogP contribution in [-0.4, -0.2) is 26.0 Å². The van der Waals surface area contributed by atoms with E-state index in [2.05, 4.69) is 10.2 Å². The number of nitrogens with one attached hydrogen (secondary N) is 1. The first kappa shape index (κ1) is 12.9. The molecule has 1 aliphatic rings. The molecule has 0 spiro atoms. The van der Waals surface area contributed by atoms with Gasteiger partial charge in [-0.25, -0.2) is 0 Å². The standard InChI is InChI=1S/C14H21N3O/c1-17(10-2-9-15)13-7-5-12(6-8-13)16-14(18)11-3-4-11/h5-8,11H,2-4,9-10,15H2,1H3,(H,16,18). The zero-order valence-electron chi connectivity index (χ0n) is 10.9. The molecule has 0 aromatic heterocycles. The molecule has 18 heavy (non-hydrogen) atoms. The first-order valence-electron chi connectivity index (χ1n) is 6.53. The van der Waals surface area contributed by atoms with Crippen LogP contribution in [0.15, 0.2) is 24.3 Å². The molecule has 4 heteroatoms. The minimum Gasteiger partial charge on any atom is -0.375 e. The Morgan fingerprint density at radius 2 is 2.06 bits per heavy atom. The van der Waals surface area contributed by atoms with Gasteiger partial charge in [0.15, 0.2) is 0 Å². The van der Waals surface area contributed by atoms with Crippen molar-refractivity contribution in [1.82, 2.24) is 0 Å². The van der Waals surface area contributed by atoms with Crippen LogP contribution in [0, 0.1) is 5.92 Å². The van der Waals surface area contributed by atoms with Crippen LogP contribution in [0.3, 0.4) is 0 Å². The summed E-state index contributed by atoms with van der Waals surface area (Å²) in [6.07, 6.45) is 3.05. The van der Waals surface area contributed by atoms with Crippen LogP contribution in [0.2, 0.25) is 0 Å². The molecule has 0 saturated heterocycles. The highest BCUT2D eigenvalue weighted by Crippen LogP contribution is 2.30. The van der Waals surface area contributed by atoms with Gasteiger partial charge in [0, 0.05) is 30.9 Å². The number of nitrogens with two attached hydrogens (primary N) is 1. The van der Waals surface area contributed by atoms with Crippen molar-refractivity contribution in [3.8, 4) is 0 Å². The normalized spacial score (nSPS) is 14.3. The summed E-state index contributed by atoms with van der Waals surface area (Å²) >= 11 is 0. The Bertz CT molecular complexity index is 398. The number of amides is 1. The maximum atomic E-state index is 11.6. The first-order valence-corrected chi connectivity index (χ1v) is 6.53. The van der Waals surface area contributed by atoms with Gasteiger partial charge in [0.1, 0.15) is 0 Å². The van der Waals surface area contributed by atoms with Gasteiger partial charge < -0.3 is 16.0 Å². The summed E-state index contributed by atoms with van der Waals surface area (Å²) in [5.74, 6) is 0.399. The fraction of sp³-hybridized carbons (Fsp3) is 0.500. The van der Waals surface area contributed by atoms with Crippen molar-refractivity contribution < 1.29 is 4.79 Å². The monoisotopic (exact) mass is 247 g/mol. The summed E-state index contributed by atoms with van der Waals surface area (Å²) in [7, 11) is 2.05. The lowest BCUT2D eigenvalue weighted by molar-refractivity contribution is -0.117. The van der Waals surface area contributed by atoms with E-state index < -0.39 is 0 Å². The van der Waals surface area contributed by atoms with Crippen LogP contribution in [-0.2, 0) is 4.79 Å². The third-order valence-electron chi connectivity index (χ3n) is 3.22. The van der Waals surface area contributed by atoms with Crippen molar-refractivity contribution in [2.75, 3.05) is 30.4 Å².